The van der Waals surface area contributed by atoms with Gasteiger partial charge in [0.15, 0.2) is 6.61 Å². The maximum atomic E-state index is 12.4. The first kappa shape index (κ1) is 17.1. The zero-order valence-electron chi connectivity index (χ0n) is 13.8. The number of aromatic nitrogens is 1. The van der Waals surface area contributed by atoms with Gasteiger partial charge in [-0.25, -0.2) is 9.78 Å². The van der Waals surface area contributed by atoms with Crippen molar-refractivity contribution in [3.63, 3.8) is 0 Å². The molecular weight excluding hydrogens is 330 g/mol. The Kier molecular flexibility index (Phi) is 5.20. The highest BCUT2D eigenvalue weighted by Gasteiger charge is 2.18. The van der Waals surface area contributed by atoms with Crippen LogP contribution in [0.25, 0.3) is 10.9 Å². The molecule has 0 N–H and O–H groups in total. The Labute approximate surface area is 150 Å². The summed E-state index contributed by atoms with van der Waals surface area (Å²) in [5.74, 6) is -1.17. The van der Waals surface area contributed by atoms with Crippen molar-refractivity contribution in [2.45, 2.75) is 0 Å². The average molecular weight is 345 g/mol. The van der Waals surface area contributed by atoms with Crippen LogP contribution >= 0.6 is 0 Å². The molecule has 2 aromatic carbocycles. The first-order chi connectivity index (χ1) is 12.7. The molecule has 1 heterocycles. The molecule has 0 atom stereocenters. The van der Waals surface area contributed by atoms with Gasteiger partial charge in [0.05, 0.1) is 11.6 Å². The molecule has 1 amide bonds. The van der Waals surface area contributed by atoms with E-state index in [9.17, 15) is 9.59 Å². The first-order valence-electron chi connectivity index (χ1n) is 7.94. The molecule has 0 aliphatic carbocycles. The van der Waals surface area contributed by atoms with Crippen LogP contribution in [0.1, 0.15) is 10.5 Å². The largest absolute Gasteiger partial charge is 0.451 e. The number of nitriles is 1. The minimum absolute atomic E-state index is 0.128. The minimum atomic E-state index is -0.686. The molecule has 3 aromatic rings. The molecular formula is C20H15N3O3. The number of benzene rings is 2. The van der Waals surface area contributed by atoms with Gasteiger partial charge >= 0.3 is 5.97 Å². The van der Waals surface area contributed by atoms with Gasteiger partial charge in [0.1, 0.15) is 12.2 Å². The zero-order chi connectivity index (χ0) is 18.4. The van der Waals surface area contributed by atoms with E-state index in [2.05, 4.69) is 4.98 Å². The first-order valence-corrected chi connectivity index (χ1v) is 7.94. The number of carbonyl (C=O) groups is 2. The second kappa shape index (κ2) is 7.90. The van der Waals surface area contributed by atoms with Gasteiger partial charge in [-0.1, -0.05) is 42.5 Å². The van der Waals surface area contributed by atoms with Crippen LogP contribution < -0.4 is 4.90 Å². The quantitative estimate of drug-likeness (QED) is 0.524. The Morgan fingerprint density at radius 3 is 2.50 bits per heavy atom. The van der Waals surface area contributed by atoms with Crippen molar-refractivity contribution in [2.75, 3.05) is 18.1 Å². The third kappa shape index (κ3) is 3.84. The molecule has 128 valence electrons. The smallest absolute Gasteiger partial charge is 0.357 e. The van der Waals surface area contributed by atoms with Gasteiger partial charge in [-0.05, 0) is 24.3 Å². The molecule has 26 heavy (non-hydrogen) atoms. The third-order valence-electron chi connectivity index (χ3n) is 3.73. The van der Waals surface area contributed by atoms with Crippen LogP contribution in [0, 0.1) is 11.3 Å². The summed E-state index contributed by atoms with van der Waals surface area (Å²) < 4.78 is 5.09. The topological polar surface area (TPSA) is 83.3 Å². The molecule has 0 unspecified atom stereocenters. The van der Waals surface area contributed by atoms with E-state index >= 15 is 0 Å². The summed E-state index contributed by atoms with van der Waals surface area (Å²) in [6.45, 7) is -0.599. The summed E-state index contributed by atoms with van der Waals surface area (Å²) in [6, 6.07) is 21.4. The van der Waals surface area contributed by atoms with Crippen molar-refractivity contribution in [3.05, 3.63) is 72.4 Å². The van der Waals surface area contributed by atoms with Crippen LogP contribution in [0.5, 0.6) is 0 Å². The fraction of sp³-hybridized carbons (Fsp3) is 0.100. The summed E-state index contributed by atoms with van der Waals surface area (Å²) in [5.41, 5.74) is 1.37. The average Bonchev–Trinajstić information content (AvgIpc) is 2.70. The molecule has 0 aliphatic rings. The number of ether oxygens (including phenoxy) is 1. The molecule has 0 radical (unpaired) electrons. The second-order valence-electron chi connectivity index (χ2n) is 5.44. The Balaban J connectivity index is 1.69. The van der Waals surface area contributed by atoms with Gasteiger partial charge in [0, 0.05) is 11.1 Å². The standard InChI is InChI=1S/C20H15N3O3/c21-12-13-23(16-7-2-1-3-8-16)19(24)14-26-20(25)18-11-10-15-6-4-5-9-17(15)22-18/h1-11H,13-14H2. The molecule has 0 aliphatic heterocycles. The third-order valence-corrected chi connectivity index (χ3v) is 3.73. The van der Waals surface area contributed by atoms with Crippen molar-refractivity contribution in [1.82, 2.24) is 4.98 Å². The molecule has 0 spiro atoms. The van der Waals surface area contributed by atoms with Crippen LogP contribution in [0.15, 0.2) is 66.7 Å². The Morgan fingerprint density at radius 1 is 1.00 bits per heavy atom. The highest BCUT2D eigenvalue weighted by Crippen LogP contribution is 2.14. The second-order valence-corrected chi connectivity index (χ2v) is 5.44. The Morgan fingerprint density at radius 2 is 1.73 bits per heavy atom. The Hall–Kier alpha value is -3.72. The van der Waals surface area contributed by atoms with E-state index in [1.54, 1.807) is 42.5 Å². The molecule has 0 saturated heterocycles. The number of esters is 1. The van der Waals surface area contributed by atoms with E-state index in [0.717, 1.165) is 5.39 Å². The van der Waals surface area contributed by atoms with Crippen LogP contribution in [0.2, 0.25) is 0 Å². The van der Waals surface area contributed by atoms with Crippen LogP contribution in [-0.4, -0.2) is 30.0 Å². The normalized spacial score (nSPS) is 10.1. The van der Waals surface area contributed by atoms with Gasteiger partial charge in [-0.2, -0.15) is 5.26 Å². The number of pyridine rings is 1. The lowest BCUT2D eigenvalue weighted by Gasteiger charge is -2.19. The van der Waals surface area contributed by atoms with Crippen molar-refractivity contribution in [3.8, 4) is 6.07 Å². The van der Waals surface area contributed by atoms with E-state index in [1.807, 2.05) is 30.3 Å². The van der Waals surface area contributed by atoms with Gasteiger partial charge in [0.2, 0.25) is 0 Å². The number of carbonyl (C=O) groups excluding carboxylic acids is 2. The molecule has 0 fully saturated rings. The summed E-state index contributed by atoms with van der Waals surface area (Å²) in [7, 11) is 0. The highest BCUT2D eigenvalue weighted by molar-refractivity contribution is 5.97. The predicted molar refractivity (Wildman–Crippen MR) is 96.4 cm³/mol. The molecule has 6 heteroatoms. The summed E-state index contributed by atoms with van der Waals surface area (Å²) in [4.78, 5) is 30.1. The van der Waals surface area contributed by atoms with Crippen LogP contribution in [0.3, 0.4) is 0 Å². The van der Waals surface area contributed by atoms with Crippen molar-refractivity contribution in [2.24, 2.45) is 0 Å². The van der Waals surface area contributed by atoms with Crippen molar-refractivity contribution >= 4 is 28.5 Å². The number of nitrogens with zero attached hydrogens (tertiary/aromatic N) is 3. The van der Waals surface area contributed by atoms with Crippen LogP contribution in [0.4, 0.5) is 5.69 Å². The van der Waals surface area contributed by atoms with E-state index in [-0.39, 0.29) is 12.2 Å². The minimum Gasteiger partial charge on any atom is -0.451 e. The lowest BCUT2D eigenvalue weighted by Crippen LogP contribution is -2.35. The lowest BCUT2D eigenvalue weighted by atomic mass is 10.2. The van der Waals surface area contributed by atoms with Crippen LogP contribution in [-0.2, 0) is 9.53 Å². The number of rotatable bonds is 5. The summed E-state index contributed by atoms with van der Waals surface area (Å²) in [6.07, 6.45) is 0. The van der Waals surface area contributed by atoms with Gasteiger partial charge in [0.25, 0.3) is 5.91 Å². The fourth-order valence-corrected chi connectivity index (χ4v) is 2.46. The lowest BCUT2D eigenvalue weighted by molar-refractivity contribution is -0.121. The predicted octanol–water partition coefficient (Wildman–Crippen LogP) is 2.95. The molecule has 6 nitrogen and oxygen atoms in total. The number of amides is 1. The van der Waals surface area contributed by atoms with Gasteiger partial charge in [-0.3, -0.25) is 9.69 Å². The number of fused-ring (bicyclic) bond motifs is 1. The number of anilines is 1. The number of para-hydroxylation sites is 2. The molecule has 3 rings (SSSR count). The monoisotopic (exact) mass is 345 g/mol. The zero-order valence-corrected chi connectivity index (χ0v) is 13.8. The molecule has 0 bridgehead atoms. The summed E-state index contributed by atoms with van der Waals surface area (Å²) >= 11 is 0. The molecule has 1 aromatic heterocycles. The van der Waals surface area contributed by atoms with Crippen molar-refractivity contribution in [1.29, 1.82) is 5.26 Å². The highest BCUT2D eigenvalue weighted by atomic mass is 16.5. The summed E-state index contributed by atoms with van der Waals surface area (Å²) in [5, 5.41) is 9.85. The maximum Gasteiger partial charge on any atom is 0.357 e. The van der Waals surface area contributed by atoms with E-state index < -0.39 is 18.5 Å². The fourth-order valence-electron chi connectivity index (χ4n) is 2.46. The van der Waals surface area contributed by atoms with Crippen molar-refractivity contribution < 1.29 is 14.3 Å². The molecule has 0 saturated carbocycles. The van der Waals surface area contributed by atoms with Gasteiger partial charge < -0.3 is 4.74 Å². The SMILES string of the molecule is N#CCN(C(=O)COC(=O)c1ccc2ccccc2n1)c1ccccc1. The maximum absolute atomic E-state index is 12.4. The number of hydrogen-bond acceptors (Lipinski definition) is 5. The Bertz CT molecular complexity index is 980. The van der Waals surface area contributed by atoms with E-state index in [4.69, 9.17) is 10.00 Å². The van der Waals surface area contributed by atoms with E-state index in [0.29, 0.717) is 11.2 Å². The number of hydrogen-bond donors (Lipinski definition) is 0. The van der Waals surface area contributed by atoms with Gasteiger partial charge in [-0.15, -0.1) is 0 Å². The van der Waals surface area contributed by atoms with E-state index in [1.165, 1.54) is 4.90 Å².